The van der Waals surface area contributed by atoms with E-state index in [9.17, 15) is 4.79 Å². The summed E-state index contributed by atoms with van der Waals surface area (Å²) in [4.78, 5) is 15.1. The van der Waals surface area contributed by atoms with Crippen molar-refractivity contribution in [2.75, 3.05) is 0 Å². The normalized spacial score (nSPS) is 12.5. The van der Waals surface area contributed by atoms with Gasteiger partial charge in [-0.05, 0) is 18.1 Å². The molecule has 0 bridgehead atoms. The average molecular weight is 181 g/mol. The van der Waals surface area contributed by atoms with E-state index in [0.29, 0.717) is 5.56 Å². The van der Waals surface area contributed by atoms with Crippen molar-refractivity contribution in [1.82, 2.24) is 0 Å². The average Bonchev–Trinajstić information content (AvgIpc) is 2.09. The summed E-state index contributed by atoms with van der Waals surface area (Å²) in [6.45, 7) is 1.81. The Labute approximate surface area is 75.9 Å². The van der Waals surface area contributed by atoms with Gasteiger partial charge in [-0.3, -0.25) is 4.84 Å². The first kappa shape index (κ1) is 9.70. The molecule has 1 atom stereocenters. The zero-order valence-corrected chi connectivity index (χ0v) is 7.23. The van der Waals surface area contributed by atoms with Crippen molar-refractivity contribution in [2.45, 2.75) is 13.0 Å². The monoisotopic (exact) mass is 181 g/mol. The number of nitrogens with two attached hydrogens (primary N) is 1. The van der Waals surface area contributed by atoms with Gasteiger partial charge in [-0.15, -0.1) is 0 Å². The highest BCUT2D eigenvalue weighted by Gasteiger charge is 2.20. The van der Waals surface area contributed by atoms with Gasteiger partial charge >= 0.3 is 5.97 Å². The van der Waals surface area contributed by atoms with Crippen LogP contribution >= 0.6 is 0 Å². The predicted octanol–water partition coefficient (Wildman–Crippen LogP) is 1.01. The van der Waals surface area contributed by atoms with Crippen LogP contribution in [0.25, 0.3) is 0 Å². The van der Waals surface area contributed by atoms with Crippen LogP contribution < -0.4 is 5.90 Å². The summed E-state index contributed by atoms with van der Waals surface area (Å²) in [6, 6.07) is 7.07. The number of aliphatic carboxylic acids is 1. The zero-order valence-electron chi connectivity index (χ0n) is 7.23. The Morgan fingerprint density at radius 3 is 2.62 bits per heavy atom. The fourth-order valence-corrected chi connectivity index (χ4v) is 1.15. The molecule has 0 fully saturated rings. The summed E-state index contributed by atoms with van der Waals surface area (Å²) >= 11 is 0. The molecule has 0 spiro atoms. The second-order valence-corrected chi connectivity index (χ2v) is 2.71. The van der Waals surface area contributed by atoms with E-state index in [1.165, 1.54) is 0 Å². The van der Waals surface area contributed by atoms with Gasteiger partial charge in [-0.1, -0.05) is 24.3 Å². The molecule has 0 radical (unpaired) electrons. The molecule has 3 N–H and O–H groups in total. The third-order valence-corrected chi connectivity index (χ3v) is 1.83. The minimum atomic E-state index is -1.09. The van der Waals surface area contributed by atoms with Crippen molar-refractivity contribution in [3.63, 3.8) is 0 Å². The highest BCUT2D eigenvalue weighted by molar-refractivity contribution is 5.74. The molecule has 0 aliphatic heterocycles. The molecule has 1 unspecified atom stereocenters. The molecule has 70 valence electrons. The van der Waals surface area contributed by atoms with Crippen molar-refractivity contribution in [3.8, 4) is 0 Å². The second kappa shape index (κ2) is 4.02. The third-order valence-electron chi connectivity index (χ3n) is 1.83. The van der Waals surface area contributed by atoms with Crippen molar-refractivity contribution in [2.24, 2.45) is 5.90 Å². The fourth-order valence-electron chi connectivity index (χ4n) is 1.15. The molecule has 0 aliphatic carbocycles. The van der Waals surface area contributed by atoms with E-state index in [-0.39, 0.29) is 0 Å². The molecule has 1 aromatic rings. The van der Waals surface area contributed by atoms with Crippen LogP contribution in [0, 0.1) is 6.92 Å². The van der Waals surface area contributed by atoms with Gasteiger partial charge in [0.25, 0.3) is 0 Å². The first-order valence-corrected chi connectivity index (χ1v) is 3.80. The molecular weight excluding hydrogens is 170 g/mol. The maximum Gasteiger partial charge on any atom is 0.339 e. The van der Waals surface area contributed by atoms with E-state index in [4.69, 9.17) is 11.0 Å². The summed E-state index contributed by atoms with van der Waals surface area (Å²) < 4.78 is 0. The molecule has 0 saturated carbocycles. The maximum absolute atomic E-state index is 10.7. The van der Waals surface area contributed by atoms with Crippen LogP contribution in [0.5, 0.6) is 0 Å². The van der Waals surface area contributed by atoms with Gasteiger partial charge in [0.1, 0.15) is 0 Å². The van der Waals surface area contributed by atoms with Gasteiger partial charge in [0.05, 0.1) is 0 Å². The highest BCUT2D eigenvalue weighted by Crippen LogP contribution is 2.19. The van der Waals surface area contributed by atoms with Crippen LogP contribution in [-0.4, -0.2) is 11.1 Å². The molecule has 0 aliphatic rings. The van der Waals surface area contributed by atoms with Crippen molar-refractivity contribution in [1.29, 1.82) is 0 Å². The minimum absolute atomic E-state index is 0.581. The lowest BCUT2D eigenvalue weighted by atomic mass is 10.0. The number of hydrogen-bond acceptors (Lipinski definition) is 3. The predicted molar refractivity (Wildman–Crippen MR) is 46.8 cm³/mol. The lowest BCUT2D eigenvalue weighted by Gasteiger charge is -2.11. The third kappa shape index (κ3) is 2.05. The Kier molecular flexibility index (Phi) is 3.00. The van der Waals surface area contributed by atoms with Crippen LogP contribution in [0.15, 0.2) is 24.3 Å². The van der Waals surface area contributed by atoms with E-state index in [0.717, 1.165) is 5.56 Å². The number of rotatable bonds is 3. The zero-order chi connectivity index (χ0) is 9.84. The Balaban J connectivity index is 3.04. The second-order valence-electron chi connectivity index (χ2n) is 2.71. The van der Waals surface area contributed by atoms with Crippen LogP contribution in [0.3, 0.4) is 0 Å². The molecule has 4 heteroatoms. The molecule has 0 heterocycles. The maximum atomic E-state index is 10.7. The molecule has 13 heavy (non-hydrogen) atoms. The Morgan fingerprint density at radius 2 is 2.15 bits per heavy atom. The largest absolute Gasteiger partial charge is 0.479 e. The Bertz CT molecular complexity index is 311. The topological polar surface area (TPSA) is 72.5 Å². The minimum Gasteiger partial charge on any atom is -0.479 e. The molecule has 0 saturated heterocycles. The fraction of sp³-hybridized carbons (Fsp3) is 0.222. The van der Waals surface area contributed by atoms with E-state index in [1.807, 2.05) is 19.1 Å². The lowest BCUT2D eigenvalue weighted by Crippen LogP contribution is -2.19. The number of aryl methyl sites for hydroxylation is 1. The molecule has 4 nitrogen and oxygen atoms in total. The molecule has 0 aromatic heterocycles. The first-order chi connectivity index (χ1) is 6.16. The SMILES string of the molecule is Cc1ccccc1C(ON)C(=O)O. The van der Waals surface area contributed by atoms with Crippen LogP contribution in [-0.2, 0) is 9.63 Å². The number of benzene rings is 1. The van der Waals surface area contributed by atoms with Crippen molar-refractivity contribution >= 4 is 5.97 Å². The Morgan fingerprint density at radius 1 is 1.54 bits per heavy atom. The first-order valence-electron chi connectivity index (χ1n) is 3.80. The lowest BCUT2D eigenvalue weighted by molar-refractivity contribution is -0.151. The van der Waals surface area contributed by atoms with Crippen LogP contribution in [0.1, 0.15) is 17.2 Å². The summed E-state index contributed by atoms with van der Waals surface area (Å²) in [5.74, 6) is 3.81. The van der Waals surface area contributed by atoms with Crippen LogP contribution in [0.4, 0.5) is 0 Å². The van der Waals surface area contributed by atoms with Gasteiger partial charge in [-0.25, -0.2) is 10.7 Å². The van der Waals surface area contributed by atoms with E-state index in [1.54, 1.807) is 12.1 Å². The van der Waals surface area contributed by atoms with Gasteiger partial charge in [0.15, 0.2) is 0 Å². The summed E-state index contributed by atoms with van der Waals surface area (Å²) in [5.41, 5.74) is 1.43. The molecule has 0 amide bonds. The number of hydrogen-bond donors (Lipinski definition) is 2. The van der Waals surface area contributed by atoms with Crippen molar-refractivity contribution in [3.05, 3.63) is 35.4 Å². The smallest absolute Gasteiger partial charge is 0.339 e. The standard InChI is InChI=1S/C9H11NO3/c1-6-4-2-3-5-7(6)8(13-10)9(11)12/h2-5,8H,10H2,1H3,(H,11,12). The van der Waals surface area contributed by atoms with E-state index >= 15 is 0 Å². The Hall–Kier alpha value is -1.39. The quantitative estimate of drug-likeness (QED) is 0.682. The number of carbonyl (C=O) groups is 1. The molecule has 1 rings (SSSR count). The highest BCUT2D eigenvalue weighted by atomic mass is 16.6. The van der Waals surface area contributed by atoms with Gasteiger partial charge < -0.3 is 5.11 Å². The summed E-state index contributed by atoms with van der Waals surface area (Å²) in [7, 11) is 0. The number of carboxylic acids is 1. The van der Waals surface area contributed by atoms with Gasteiger partial charge in [-0.2, -0.15) is 0 Å². The van der Waals surface area contributed by atoms with Crippen LogP contribution in [0.2, 0.25) is 0 Å². The van der Waals surface area contributed by atoms with E-state index in [2.05, 4.69) is 4.84 Å². The summed E-state index contributed by atoms with van der Waals surface area (Å²) in [6.07, 6.45) is -1.08. The van der Waals surface area contributed by atoms with Crippen molar-refractivity contribution < 1.29 is 14.7 Å². The van der Waals surface area contributed by atoms with Gasteiger partial charge in [0.2, 0.25) is 6.10 Å². The van der Waals surface area contributed by atoms with Gasteiger partial charge in [0, 0.05) is 0 Å². The van der Waals surface area contributed by atoms with E-state index < -0.39 is 12.1 Å². The molecule has 1 aromatic carbocycles. The number of carboxylic acid groups (broad SMARTS) is 1. The summed E-state index contributed by atoms with van der Waals surface area (Å²) in [5, 5.41) is 8.75. The molecular formula is C9H11NO3.